The van der Waals surface area contributed by atoms with E-state index >= 15 is 0 Å². The molecule has 2 unspecified atom stereocenters. The van der Waals surface area contributed by atoms with Gasteiger partial charge < -0.3 is 9.84 Å². The van der Waals surface area contributed by atoms with E-state index in [2.05, 4.69) is 4.74 Å². The summed E-state index contributed by atoms with van der Waals surface area (Å²) in [4.78, 5) is -0.879. The Balaban J connectivity index is 3.80. The van der Waals surface area contributed by atoms with E-state index in [4.69, 9.17) is 28.3 Å². The van der Waals surface area contributed by atoms with E-state index in [1.807, 2.05) is 0 Å². The average molecular weight is 173 g/mol. The quantitative estimate of drug-likeness (QED) is 0.513. The smallest absolute Gasteiger partial charge is 0.174 e. The third-order valence-electron chi connectivity index (χ3n) is 0.999. The standard InChI is InChI=1S/C5H10Cl2O2/c1-5(7,3-6)4(8)9-2/h4,8H,3H2,1-2H3. The van der Waals surface area contributed by atoms with E-state index in [9.17, 15) is 0 Å². The summed E-state index contributed by atoms with van der Waals surface area (Å²) >= 11 is 11.1. The first-order chi connectivity index (χ1) is 4.04. The molecule has 0 bridgehead atoms. The highest BCUT2D eigenvalue weighted by Crippen LogP contribution is 2.20. The molecule has 56 valence electrons. The van der Waals surface area contributed by atoms with E-state index in [-0.39, 0.29) is 5.88 Å². The van der Waals surface area contributed by atoms with Crippen molar-refractivity contribution in [3.8, 4) is 0 Å². The average Bonchev–Trinajstić information content (AvgIpc) is 1.86. The van der Waals surface area contributed by atoms with Crippen molar-refractivity contribution < 1.29 is 9.84 Å². The summed E-state index contributed by atoms with van der Waals surface area (Å²) in [5.41, 5.74) is 0. The zero-order valence-corrected chi connectivity index (χ0v) is 6.91. The Bertz CT molecular complexity index is 85.0. The lowest BCUT2D eigenvalue weighted by Gasteiger charge is -2.23. The number of rotatable bonds is 3. The predicted octanol–water partition coefficient (Wildman–Crippen LogP) is 1.19. The number of ether oxygens (including phenoxy) is 1. The summed E-state index contributed by atoms with van der Waals surface area (Å²) in [5.74, 6) is 0.156. The molecule has 0 aliphatic heterocycles. The van der Waals surface area contributed by atoms with Gasteiger partial charge in [0.2, 0.25) is 0 Å². The van der Waals surface area contributed by atoms with Crippen LogP contribution in [-0.4, -0.2) is 29.3 Å². The summed E-state index contributed by atoms with van der Waals surface area (Å²) in [5, 5.41) is 8.95. The Hall–Kier alpha value is 0.500. The highest BCUT2D eigenvalue weighted by Gasteiger charge is 2.29. The van der Waals surface area contributed by atoms with Crippen LogP contribution in [0.5, 0.6) is 0 Å². The Morgan fingerprint density at radius 1 is 1.78 bits per heavy atom. The Kier molecular flexibility index (Phi) is 3.82. The second-order valence-electron chi connectivity index (χ2n) is 2.00. The molecule has 4 heteroatoms. The molecule has 0 spiro atoms. The van der Waals surface area contributed by atoms with E-state index in [1.165, 1.54) is 7.11 Å². The highest BCUT2D eigenvalue weighted by molar-refractivity contribution is 6.30. The molecule has 0 aromatic heterocycles. The number of hydrogen-bond acceptors (Lipinski definition) is 2. The van der Waals surface area contributed by atoms with Crippen molar-refractivity contribution in [1.82, 2.24) is 0 Å². The lowest BCUT2D eigenvalue weighted by Crippen LogP contribution is -2.36. The normalized spacial score (nSPS) is 21.0. The molecule has 0 amide bonds. The molecule has 0 heterocycles. The molecule has 0 aromatic rings. The number of alkyl halides is 2. The van der Waals surface area contributed by atoms with Gasteiger partial charge >= 0.3 is 0 Å². The number of aliphatic hydroxyl groups excluding tert-OH is 1. The first-order valence-corrected chi connectivity index (χ1v) is 3.41. The molecular formula is C5H10Cl2O2. The molecule has 0 aliphatic rings. The number of aliphatic hydroxyl groups is 1. The van der Waals surface area contributed by atoms with Crippen molar-refractivity contribution in [2.24, 2.45) is 0 Å². The van der Waals surface area contributed by atoms with Crippen LogP contribution < -0.4 is 0 Å². The van der Waals surface area contributed by atoms with Crippen LogP contribution in [0.15, 0.2) is 0 Å². The van der Waals surface area contributed by atoms with E-state index < -0.39 is 11.2 Å². The fraction of sp³-hybridized carbons (Fsp3) is 1.00. The molecule has 0 radical (unpaired) electrons. The van der Waals surface area contributed by atoms with Crippen LogP contribution in [-0.2, 0) is 4.74 Å². The van der Waals surface area contributed by atoms with Crippen LogP contribution in [0.25, 0.3) is 0 Å². The Morgan fingerprint density at radius 3 is 2.33 bits per heavy atom. The second-order valence-corrected chi connectivity index (χ2v) is 3.13. The zero-order valence-electron chi connectivity index (χ0n) is 5.40. The van der Waals surface area contributed by atoms with Gasteiger partial charge in [-0.05, 0) is 6.92 Å². The van der Waals surface area contributed by atoms with Crippen molar-refractivity contribution in [3.05, 3.63) is 0 Å². The minimum atomic E-state index is -1.00. The van der Waals surface area contributed by atoms with Gasteiger partial charge in [-0.15, -0.1) is 23.2 Å². The van der Waals surface area contributed by atoms with Gasteiger partial charge in [-0.1, -0.05) is 0 Å². The minimum Gasteiger partial charge on any atom is -0.366 e. The van der Waals surface area contributed by atoms with Gasteiger partial charge in [-0.25, -0.2) is 0 Å². The van der Waals surface area contributed by atoms with Crippen molar-refractivity contribution in [2.75, 3.05) is 13.0 Å². The molecule has 0 aliphatic carbocycles. The third kappa shape index (κ3) is 2.72. The zero-order chi connectivity index (χ0) is 7.49. The van der Waals surface area contributed by atoms with Gasteiger partial charge in [0.1, 0.15) is 4.87 Å². The van der Waals surface area contributed by atoms with Crippen molar-refractivity contribution >= 4 is 23.2 Å². The first kappa shape index (κ1) is 9.50. The number of methoxy groups -OCH3 is 1. The monoisotopic (exact) mass is 172 g/mol. The predicted molar refractivity (Wildman–Crippen MR) is 38.0 cm³/mol. The summed E-state index contributed by atoms with van der Waals surface area (Å²) in [6.45, 7) is 1.61. The maximum atomic E-state index is 8.95. The van der Waals surface area contributed by atoms with Gasteiger partial charge in [-0.3, -0.25) is 0 Å². The SMILES string of the molecule is COC(O)C(C)(Cl)CCl. The molecule has 0 aromatic carbocycles. The van der Waals surface area contributed by atoms with Gasteiger partial charge in [-0.2, -0.15) is 0 Å². The van der Waals surface area contributed by atoms with Gasteiger partial charge in [0.15, 0.2) is 6.29 Å². The lowest BCUT2D eigenvalue weighted by molar-refractivity contribution is -0.0929. The fourth-order valence-corrected chi connectivity index (χ4v) is 0.533. The number of hydrogen-bond donors (Lipinski definition) is 1. The van der Waals surface area contributed by atoms with Crippen LogP contribution in [0.4, 0.5) is 0 Å². The third-order valence-corrected chi connectivity index (χ3v) is 2.01. The molecule has 2 atom stereocenters. The van der Waals surface area contributed by atoms with Gasteiger partial charge in [0, 0.05) is 13.0 Å². The molecule has 0 rings (SSSR count). The van der Waals surface area contributed by atoms with Crippen molar-refractivity contribution in [3.63, 3.8) is 0 Å². The molecule has 0 saturated carbocycles. The number of halogens is 2. The van der Waals surface area contributed by atoms with E-state index in [0.29, 0.717) is 0 Å². The summed E-state index contributed by atoms with van der Waals surface area (Å²) in [6, 6.07) is 0. The van der Waals surface area contributed by atoms with E-state index in [0.717, 1.165) is 0 Å². The van der Waals surface area contributed by atoms with Crippen LogP contribution in [0.1, 0.15) is 6.92 Å². The van der Waals surface area contributed by atoms with Crippen LogP contribution in [0, 0.1) is 0 Å². The molecule has 1 N–H and O–H groups in total. The van der Waals surface area contributed by atoms with Crippen molar-refractivity contribution in [1.29, 1.82) is 0 Å². The molecular weight excluding hydrogens is 163 g/mol. The minimum absolute atomic E-state index is 0.156. The second kappa shape index (κ2) is 3.62. The fourth-order valence-electron chi connectivity index (χ4n) is 0.312. The molecule has 0 fully saturated rings. The maximum Gasteiger partial charge on any atom is 0.174 e. The summed E-state index contributed by atoms with van der Waals surface area (Å²) in [7, 11) is 1.37. The topological polar surface area (TPSA) is 29.5 Å². The largest absolute Gasteiger partial charge is 0.366 e. The van der Waals surface area contributed by atoms with Crippen molar-refractivity contribution in [2.45, 2.75) is 18.1 Å². The first-order valence-electron chi connectivity index (χ1n) is 2.50. The molecule has 2 nitrogen and oxygen atoms in total. The van der Waals surface area contributed by atoms with E-state index in [1.54, 1.807) is 6.92 Å². The molecule has 0 saturated heterocycles. The Morgan fingerprint density at radius 2 is 2.22 bits per heavy atom. The van der Waals surface area contributed by atoms with Gasteiger partial charge in [0.05, 0.1) is 0 Å². The Labute approximate surface area is 64.7 Å². The lowest BCUT2D eigenvalue weighted by atomic mass is 10.2. The maximum absolute atomic E-state index is 8.95. The highest BCUT2D eigenvalue weighted by atomic mass is 35.5. The van der Waals surface area contributed by atoms with Crippen LogP contribution in [0.2, 0.25) is 0 Å². The summed E-state index contributed by atoms with van der Waals surface area (Å²) < 4.78 is 4.54. The van der Waals surface area contributed by atoms with Gasteiger partial charge in [0.25, 0.3) is 0 Å². The van der Waals surface area contributed by atoms with Crippen LogP contribution >= 0.6 is 23.2 Å². The summed E-state index contributed by atoms with van der Waals surface area (Å²) in [6.07, 6.45) is -1.00. The molecule has 9 heavy (non-hydrogen) atoms. The van der Waals surface area contributed by atoms with Crippen LogP contribution in [0.3, 0.4) is 0 Å².